The lowest BCUT2D eigenvalue weighted by Crippen LogP contribution is -2.61. The molecule has 1 N–H and O–H groups in total. The van der Waals surface area contributed by atoms with E-state index in [9.17, 15) is 14.7 Å². The van der Waals surface area contributed by atoms with Crippen LogP contribution in [0, 0.1) is 28.6 Å². The number of hydrogen-bond donors (Lipinski definition) is 1. The van der Waals surface area contributed by atoms with Gasteiger partial charge in [-0.05, 0) is 73.3 Å². The highest BCUT2D eigenvalue weighted by Crippen LogP contribution is 2.70. The molecule has 4 aliphatic carbocycles. The number of rotatable bonds is 2. The van der Waals surface area contributed by atoms with Crippen molar-refractivity contribution in [3.8, 4) is 0 Å². The molecule has 0 amide bonds. The van der Waals surface area contributed by atoms with Crippen molar-refractivity contribution in [2.75, 3.05) is 0 Å². The fraction of sp³-hybridized carbons (Fsp3) is 0.769. The summed E-state index contributed by atoms with van der Waals surface area (Å²) in [5.41, 5.74) is -0.542. The van der Waals surface area contributed by atoms with Gasteiger partial charge in [-0.3, -0.25) is 4.79 Å². The van der Waals surface area contributed by atoms with Crippen LogP contribution in [0.4, 0.5) is 0 Å². The number of fused-ring (bicyclic) bond motifs is 5. The summed E-state index contributed by atoms with van der Waals surface area (Å²) in [7, 11) is 0. The van der Waals surface area contributed by atoms with E-state index in [1.165, 1.54) is 51.4 Å². The van der Waals surface area contributed by atoms with Gasteiger partial charge in [-0.25, -0.2) is 4.79 Å². The summed E-state index contributed by atoms with van der Waals surface area (Å²) in [6, 6.07) is 3.22. The maximum atomic E-state index is 12.5. The Morgan fingerprint density at radius 2 is 1.90 bits per heavy atom. The molecule has 4 aliphatic rings. The summed E-state index contributed by atoms with van der Waals surface area (Å²) in [6.07, 6.45) is 11.1. The number of hydrogen-bond acceptors (Lipinski definition) is 5. The summed E-state index contributed by atoms with van der Waals surface area (Å²) in [5.74, 6) is 1.03. The average Bonchev–Trinajstić information content (AvgIpc) is 2.94. The third-order valence-electron chi connectivity index (χ3n) is 10.2. The van der Waals surface area contributed by atoms with Gasteiger partial charge in [0.25, 0.3) is 0 Å². The molecule has 0 aromatic carbocycles. The fourth-order valence-electron chi connectivity index (χ4n) is 8.73. The monoisotopic (exact) mass is 428 g/mol. The highest BCUT2D eigenvalue weighted by atomic mass is 16.5. The first-order valence-corrected chi connectivity index (χ1v) is 12.2. The first kappa shape index (κ1) is 21.2. The Morgan fingerprint density at radius 3 is 2.61 bits per heavy atom. The van der Waals surface area contributed by atoms with E-state index in [4.69, 9.17) is 9.15 Å². The molecule has 0 radical (unpaired) electrons. The summed E-state index contributed by atoms with van der Waals surface area (Å²) < 4.78 is 11.0. The molecule has 4 saturated carbocycles. The Labute approximate surface area is 184 Å². The molecule has 31 heavy (non-hydrogen) atoms. The number of aliphatic hydroxyl groups is 1. The quantitative estimate of drug-likeness (QED) is 0.684. The smallest absolute Gasteiger partial charge is 0.335 e. The summed E-state index contributed by atoms with van der Waals surface area (Å²) in [6.45, 7) is 6.10. The number of carbonyl (C=O) groups is 1. The predicted molar refractivity (Wildman–Crippen MR) is 116 cm³/mol. The second-order valence-corrected chi connectivity index (χ2v) is 11.3. The van der Waals surface area contributed by atoms with Crippen LogP contribution >= 0.6 is 0 Å². The van der Waals surface area contributed by atoms with Crippen LogP contribution < -0.4 is 5.63 Å². The standard InChI is InChI=1S/C26H36O5/c1-16(27)31-21-14-26(29)20-9-8-18-6-4-5-12-24(18,2)19(20)11-13-25(26,3)23(21)17-7-10-22(28)30-15-17/h7,10,15,18-21,23,29H,4-6,8-9,11-14H2,1-3H3/t18-,19+,20-,21+,23+,24+,25-,26+/m1/s1. The van der Waals surface area contributed by atoms with E-state index < -0.39 is 22.7 Å². The van der Waals surface area contributed by atoms with Gasteiger partial charge in [0.05, 0.1) is 11.9 Å². The third kappa shape index (κ3) is 2.98. The molecule has 1 aromatic heterocycles. The Bertz CT molecular complexity index is 902. The minimum atomic E-state index is -0.887. The van der Waals surface area contributed by atoms with E-state index in [2.05, 4.69) is 13.8 Å². The predicted octanol–water partition coefficient (Wildman–Crippen LogP) is 4.81. The van der Waals surface area contributed by atoms with E-state index in [0.29, 0.717) is 17.8 Å². The van der Waals surface area contributed by atoms with Crippen molar-refractivity contribution in [2.45, 2.75) is 96.2 Å². The zero-order valence-corrected chi connectivity index (χ0v) is 19.1. The van der Waals surface area contributed by atoms with Gasteiger partial charge in [0.2, 0.25) is 0 Å². The van der Waals surface area contributed by atoms with Gasteiger partial charge in [0, 0.05) is 30.7 Å². The molecule has 0 unspecified atom stereocenters. The highest BCUT2D eigenvalue weighted by molar-refractivity contribution is 5.66. The van der Waals surface area contributed by atoms with Gasteiger partial charge in [-0.2, -0.15) is 0 Å². The third-order valence-corrected chi connectivity index (χ3v) is 10.2. The number of esters is 1. The molecule has 4 fully saturated rings. The highest BCUT2D eigenvalue weighted by Gasteiger charge is 2.70. The molecule has 5 nitrogen and oxygen atoms in total. The Hall–Kier alpha value is -1.62. The van der Waals surface area contributed by atoms with Gasteiger partial charge in [0.1, 0.15) is 6.10 Å². The molecule has 5 rings (SSSR count). The van der Waals surface area contributed by atoms with Crippen molar-refractivity contribution in [2.24, 2.45) is 28.6 Å². The molecule has 8 atom stereocenters. The van der Waals surface area contributed by atoms with E-state index in [1.54, 1.807) is 6.07 Å². The molecule has 1 aromatic rings. The van der Waals surface area contributed by atoms with Crippen molar-refractivity contribution >= 4 is 5.97 Å². The maximum Gasteiger partial charge on any atom is 0.335 e. The molecule has 1 heterocycles. The summed E-state index contributed by atoms with van der Waals surface area (Å²) >= 11 is 0. The van der Waals surface area contributed by atoms with E-state index in [1.807, 2.05) is 0 Å². The van der Waals surface area contributed by atoms with Crippen LogP contribution in [0.3, 0.4) is 0 Å². The molecule has 0 aliphatic heterocycles. The van der Waals surface area contributed by atoms with E-state index >= 15 is 0 Å². The van der Waals surface area contributed by atoms with Crippen LogP contribution in [0.2, 0.25) is 0 Å². The van der Waals surface area contributed by atoms with Gasteiger partial charge in [-0.1, -0.05) is 26.7 Å². The van der Waals surface area contributed by atoms with Crippen molar-refractivity contribution < 1.29 is 19.1 Å². The lowest BCUT2D eigenvalue weighted by atomic mass is 9.43. The maximum absolute atomic E-state index is 12.5. The normalized spacial score (nSPS) is 46.5. The second kappa shape index (κ2) is 7.19. The largest absolute Gasteiger partial charge is 0.462 e. The average molecular weight is 429 g/mol. The Kier molecular flexibility index (Phi) is 4.93. The van der Waals surface area contributed by atoms with Gasteiger partial charge < -0.3 is 14.3 Å². The molecule has 0 saturated heterocycles. The van der Waals surface area contributed by atoms with E-state index in [0.717, 1.165) is 30.7 Å². The lowest BCUT2D eigenvalue weighted by Gasteiger charge is -2.63. The molecule has 170 valence electrons. The van der Waals surface area contributed by atoms with Crippen molar-refractivity contribution in [1.82, 2.24) is 0 Å². The second-order valence-electron chi connectivity index (χ2n) is 11.3. The van der Waals surface area contributed by atoms with Gasteiger partial charge in [0.15, 0.2) is 0 Å². The van der Waals surface area contributed by atoms with Crippen molar-refractivity contribution in [3.63, 3.8) is 0 Å². The number of carbonyl (C=O) groups excluding carboxylic acids is 1. The number of ether oxygens (including phenoxy) is 1. The van der Waals surface area contributed by atoms with Crippen LogP contribution in [-0.2, 0) is 9.53 Å². The Morgan fingerprint density at radius 1 is 1.10 bits per heavy atom. The zero-order chi connectivity index (χ0) is 22.0. The topological polar surface area (TPSA) is 76.7 Å². The van der Waals surface area contributed by atoms with Crippen LogP contribution in [0.5, 0.6) is 0 Å². The summed E-state index contributed by atoms with van der Waals surface area (Å²) in [5, 5.41) is 12.5. The van der Waals surface area contributed by atoms with Crippen LogP contribution in [0.1, 0.15) is 90.0 Å². The molecular weight excluding hydrogens is 392 g/mol. The lowest BCUT2D eigenvalue weighted by molar-refractivity contribution is -0.201. The van der Waals surface area contributed by atoms with Crippen LogP contribution in [-0.4, -0.2) is 22.8 Å². The molecule has 0 spiro atoms. The zero-order valence-electron chi connectivity index (χ0n) is 19.1. The first-order chi connectivity index (χ1) is 14.7. The molecule has 5 heteroatoms. The van der Waals surface area contributed by atoms with Crippen molar-refractivity contribution in [3.05, 3.63) is 34.4 Å². The minimum Gasteiger partial charge on any atom is -0.462 e. The first-order valence-electron chi connectivity index (χ1n) is 12.2. The SMILES string of the molecule is CC(=O)O[C@H]1C[C@]2(O)[C@@H]3CC[C@H]4CCCC[C@]4(C)[C@H]3CC[C@]2(C)[C@H]1c1ccc(=O)oc1. The van der Waals surface area contributed by atoms with Crippen LogP contribution in [0.15, 0.2) is 27.6 Å². The van der Waals surface area contributed by atoms with Gasteiger partial charge >= 0.3 is 11.6 Å². The minimum absolute atomic E-state index is 0.177. The Balaban J connectivity index is 1.56. The fourth-order valence-corrected chi connectivity index (χ4v) is 8.73. The van der Waals surface area contributed by atoms with E-state index in [-0.39, 0.29) is 17.8 Å². The van der Waals surface area contributed by atoms with Crippen molar-refractivity contribution in [1.29, 1.82) is 0 Å². The van der Waals surface area contributed by atoms with Crippen LogP contribution in [0.25, 0.3) is 0 Å². The molecular formula is C26H36O5. The molecule has 0 bridgehead atoms. The van der Waals surface area contributed by atoms with Gasteiger partial charge in [-0.15, -0.1) is 0 Å². The summed E-state index contributed by atoms with van der Waals surface area (Å²) in [4.78, 5) is 23.6.